The molecule has 0 spiro atoms. The molecule has 0 fully saturated rings. The second-order valence-corrected chi connectivity index (χ2v) is 5.83. The molecule has 1 aliphatic rings. The Hall–Kier alpha value is -1.51. The minimum atomic E-state index is 0.123. The van der Waals surface area contributed by atoms with Crippen LogP contribution in [0.1, 0.15) is 45.1 Å². The van der Waals surface area contributed by atoms with E-state index in [1.807, 2.05) is 6.92 Å². The van der Waals surface area contributed by atoms with E-state index in [1.54, 1.807) is 0 Å². The van der Waals surface area contributed by atoms with Crippen LogP contribution in [0.3, 0.4) is 0 Å². The summed E-state index contributed by atoms with van der Waals surface area (Å²) in [4.78, 5) is 12.0. The summed E-state index contributed by atoms with van der Waals surface area (Å²) in [5.41, 5.74) is 2.62. The number of aryl methyl sites for hydroxylation is 1. The van der Waals surface area contributed by atoms with Gasteiger partial charge in [-0.25, -0.2) is 0 Å². The number of amides is 1. The highest BCUT2D eigenvalue weighted by Gasteiger charge is 2.17. The van der Waals surface area contributed by atoms with Gasteiger partial charge in [-0.15, -0.1) is 0 Å². The Balaban J connectivity index is 1.86. The summed E-state index contributed by atoms with van der Waals surface area (Å²) in [7, 11) is 0. The van der Waals surface area contributed by atoms with Crippen LogP contribution in [0, 0.1) is 5.92 Å². The van der Waals surface area contributed by atoms with Crippen molar-refractivity contribution in [1.82, 2.24) is 5.32 Å². The monoisotopic (exact) mass is 274 g/mol. The van der Waals surface area contributed by atoms with E-state index in [4.69, 9.17) is 0 Å². The summed E-state index contributed by atoms with van der Waals surface area (Å²) in [5, 5.41) is 6.67. The minimum Gasteiger partial charge on any atom is -0.380 e. The van der Waals surface area contributed by atoms with Crippen molar-refractivity contribution in [3.8, 4) is 0 Å². The van der Waals surface area contributed by atoms with Crippen LogP contribution < -0.4 is 10.6 Å². The lowest BCUT2D eigenvalue weighted by atomic mass is 10.0. The van der Waals surface area contributed by atoms with E-state index in [1.165, 1.54) is 17.7 Å². The van der Waals surface area contributed by atoms with Crippen LogP contribution in [0.25, 0.3) is 0 Å². The number of hydrogen-bond acceptors (Lipinski definition) is 2. The Morgan fingerprint density at radius 3 is 3.05 bits per heavy atom. The van der Waals surface area contributed by atoms with E-state index >= 15 is 0 Å². The maximum atomic E-state index is 12.0. The molecule has 1 aromatic rings. The van der Waals surface area contributed by atoms with Gasteiger partial charge in [0.15, 0.2) is 0 Å². The third-order valence-electron chi connectivity index (χ3n) is 4.07. The molecule has 2 N–H and O–H groups in total. The molecule has 0 bridgehead atoms. The zero-order chi connectivity index (χ0) is 14.4. The van der Waals surface area contributed by atoms with Gasteiger partial charge in [-0.1, -0.05) is 38.5 Å². The van der Waals surface area contributed by atoms with Crippen molar-refractivity contribution in [2.45, 2.75) is 52.0 Å². The molecule has 2 unspecified atom stereocenters. The number of carbonyl (C=O) groups is 1. The molecule has 3 nitrogen and oxygen atoms in total. The fourth-order valence-corrected chi connectivity index (χ4v) is 2.83. The molecule has 0 aromatic heterocycles. The summed E-state index contributed by atoms with van der Waals surface area (Å²) >= 11 is 0. The fourth-order valence-electron chi connectivity index (χ4n) is 2.83. The predicted molar refractivity (Wildman–Crippen MR) is 83.9 cm³/mol. The van der Waals surface area contributed by atoms with Crippen LogP contribution in [-0.4, -0.2) is 18.5 Å². The highest BCUT2D eigenvalue weighted by atomic mass is 16.1. The first-order valence-electron chi connectivity index (χ1n) is 7.83. The van der Waals surface area contributed by atoms with Gasteiger partial charge in [-0.3, -0.25) is 4.79 Å². The maximum absolute atomic E-state index is 12.0. The van der Waals surface area contributed by atoms with Gasteiger partial charge in [0.1, 0.15) is 0 Å². The molecule has 20 heavy (non-hydrogen) atoms. The molecule has 1 heterocycles. The summed E-state index contributed by atoms with van der Waals surface area (Å²) in [6, 6.07) is 8.82. The van der Waals surface area contributed by atoms with Gasteiger partial charge in [-0.2, -0.15) is 0 Å². The second-order valence-electron chi connectivity index (χ2n) is 5.83. The molecule has 0 saturated carbocycles. The van der Waals surface area contributed by atoms with E-state index in [-0.39, 0.29) is 11.8 Å². The van der Waals surface area contributed by atoms with Crippen molar-refractivity contribution in [3.63, 3.8) is 0 Å². The first kappa shape index (κ1) is 14.9. The average Bonchev–Trinajstić information content (AvgIpc) is 2.66. The number of hydrogen-bond donors (Lipinski definition) is 2. The van der Waals surface area contributed by atoms with Gasteiger partial charge < -0.3 is 10.6 Å². The topological polar surface area (TPSA) is 41.1 Å². The Kier molecular flexibility index (Phi) is 5.45. The van der Waals surface area contributed by atoms with Crippen molar-refractivity contribution < 1.29 is 4.79 Å². The van der Waals surface area contributed by atoms with E-state index in [2.05, 4.69) is 41.8 Å². The first-order chi connectivity index (χ1) is 9.70. The molecule has 3 heteroatoms. The Morgan fingerprint density at radius 2 is 2.25 bits per heavy atom. The molecule has 2 rings (SSSR count). The van der Waals surface area contributed by atoms with Gasteiger partial charge in [0.25, 0.3) is 0 Å². The standard InChI is InChI=1S/C17H26N2O/c1-3-7-13(2)17(20)18-12-15-10-6-9-14-8-4-5-11-16(14)19-15/h4-5,8,11,13,15,19H,3,6-7,9-10,12H2,1-2H3,(H,18,20). The molecule has 1 amide bonds. The van der Waals surface area contributed by atoms with E-state index < -0.39 is 0 Å². The van der Waals surface area contributed by atoms with Crippen LogP contribution in [0.15, 0.2) is 24.3 Å². The normalized spacial score (nSPS) is 19.4. The van der Waals surface area contributed by atoms with Gasteiger partial charge in [-0.05, 0) is 37.3 Å². The quantitative estimate of drug-likeness (QED) is 0.864. The number of para-hydroxylation sites is 1. The van der Waals surface area contributed by atoms with Gasteiger partial charge >= 0.3 is 0 Å². The third kappa shape index (κ3) is 3.99. The van der Waals surface area contributed by atoms with Crippen molar-refractivity contribution >= 4 is 11.6 Å². The van der Waals surface area contributed by atoms with Crippen molar-refractivity contribution in [1.29, 1.82) is 0 Å². The van der Waals surface area contributed by atoms with Crippen molar-refractivity contribution in [2.24, 2.45) is 5.92 Å². The highest BCUT2D eigenvalue weighted by Crippen LogP contribution is 2.23. The molecule has 1 aromatic carbocycles. The highest BCUT2D eigenvalue weighted by molar-refractivity contribution is 5.78. The largest absolute Gasteiger partial charge is 0.380 e. The number of nitrogens with one attached hydrogen (secondary N) is 2. The SMILES string of the molecule is CCCC(C)C(=O)NCC1CCCc2ccccc2N1. The van der Waals surface area contributed by atoms with Crippen LogP contribution >= 0.6 is 0 Å². The second kappa shape index (κ2) is 7.32. The smallest absolute Gasteiger partial charge is 0.222 e. The van der Waals surface area contributed by atoms with Crippen molar-refractivity contribution in [2.75, 3.05) is 11.9 Å². The molecular weight excluding hydrogens is 248 g/mol. The lowest BCUT2D eigenvalue weighted by Gasteiger charge is -2.20. The molecule has 1 aliphatic heterocycles. The zero-order valence-electron chi connectivity index (χ0n) is 12.6. The maximum Gasteiger partial charge on any atom is 0.222 e. The molecule has 0 radical (unpaired) electrons. The van der Waals surface area contributed by atoms with Gasteiger partial charge in [0.05, 0.1) is 0 Å². The first-order valence-corrected chi connectivity index (χ1v) is 7.83. The third-order valence-corrected chi connectivity index (χ3v) is 4.07. The Labute approximate surface area is 122 Å². The number of rotatable bonds is 5. The van der Waals surface area contributed by atoms with Gasteiger partial charge in [0, 0.05) is 24.2 Å². The summed E-state index contributed by atoms with van der Waals surface area (Å²) in [6.45, 7) is 4.85. The molecule has 0 aliphatic carbocycles. The number of fused-ring (bicyclic) bond motifs is 1. The lowest BCUT2D eigenvalue weighted by Crippen LogP contribution is -2.38. The molecule has 110 valence electrons. The summed E-state index contributed by atoms with van der Waals surface area (Å²) in [6.07, 6.45) is 5.43. The molecule has 2 atom stereocenters. The zero-order valence-corrected chi connectivity index (χ0v) is 12.6. The van der Waals surface area contributed by atoms with Crippen LogP contribution in [0.4, 0.5) is 5.69 Å². The Morgan fingerprint density at radius 1 is 1.45 bits per heavy atom. The summed E-state index contributed by atoms with van der Waals surface area (Å²) < 4.78 is 0. The number of benzene rings is 1. The van der Waals surface area contributed by atoms with Gasteiger partial charge in [0.2, 0.25) is 5.91 Å². The predicted octanol–water partition coefficient (Wildman–Crippen LogP) is 3.36. The Bertz CT molecular complexity index is 444. The van der Waals surface area contributed by atoms with Crippen LogP contribution in [0.5, 0.6) is 0 Å². The average molecular weight is 274 g/mol. The lowest BCUT2D eigenvalue weighted by molar-refractivity contribution is -0.124. The number of carbonyl (C=O) groups excluding carboxylic acids is 1. The van der Waals surface area contributed by atoms with Crippen LogP contribution in [-0.2, 0) is 11.2 Å². The fraction of sp³-hybridized carbons (Fsp3) is 0.588. The van der Waals surface area contributed by atoms with E-state index in [9.17, 15) is 4.79 Å². The molecular formula is C17H26N2O. The van der Waals surface area contributed by atoms with E-state index in [0.717, 1.165) is 32.2 Å². The van der Waals surface area contributed by atoms with Crippen molar-refractivity contribution in [3.05, 3.63) is 29.8 Å². The van der Waals surface area contributed by atoms with E-state index in [0.29, 0.717) is 6.04 Å². The number of anilines is 1. The minimum absolute atomic E-state index is 0.123. The summed E-state index contributed by atoms with van der Waals surface area (Å²) in [5.74, 6) is 0.309. The molecule has 0 saturated heterocycles. The van der Waals surface area contributed by atoms with Crippen LogP contribution in [0.2, 0.25) is 0 Å².